The van der Waals surface area contributed by atoms with Gasteiger partial charge in [0.15, 0.2) is 0 Å². The van der Waals surface area contributed by atoms with Crippen LogP contribution in [0, 0.1) is 0 Å². The third-order valence-corrected chi connectivity index (χ3v) is 6.33. The molecule has 2 aromatic rings. The minimum atomic E-state index is 0.0118. The lowest BCUT2D eigenvalue weighted by atomic mass is 9.97. The van der Waals surface area contributed by atoms with Crippen LogP contribution in [0.25, 0.3) is 0 Å². The van der Waals surface area contributed by atoms with Gasteiger partial charge in [-0.25, -0.2) is 0 Å². The lowest BCUT2D eigenvalue weighted by Gasteiger charge is -2.32. The Hall–Kier alpha value is -2.12. The second-order valence-electron chi connectivity index (χ2n) is 8.24. The highest BCUT2D eigenvalue weighted by molar-refractivity contribution is 6.30. The van der Waals surface area contributed by atoms with Gasteiger partial charge in [-0.2, -0.15) is 0 Å². The fourth-order valence-corrected chi connectivity index (χ4v) is 4.75. The van der Waals surface area contributed by atoms with Gasteiger partial charge >= 0.3 is 0 Å². The number of piperidine rings is 1. The summed E-state index contributed by atoms with van der Waals surface area (Å²) < 4.78 is 7.70. The van der Waals surface area contributed by atoms with E-state index in [9.17, 15) is 4.79 Å². The number of halogens is 1. The van der Waals surface area contributed by atoms with Gasteiger partial charge in [-0.15, -0.1) is 10.2 Å². The average molecular weight is 432 g/mol. The zero-order valence-corrected chi connectivity index (χ0v) is 18.3. The van der Waals surface area contributed by atoms with E-state index in [4.69, 9.17) is 16.3 Å². The van der Waals surface area contributed by atoms with Crippen molar-refractivity contribution in [3.63, 3.8) is 0 Å². The van der Waals surface area contributed by atoms with Gasteiger partial charge in [0.05, 0.1) is 13.7 Å². The number of rotatable bonds is 6. The van der Waals surface area contributed by atoms with Gasteiger partial charge in [0.25, 0.3) is 0 Å². The molecule has 0 bridgehead atoms. The Balaban J connectivity index is 1.34. The summed E-state index contributed by atoms with van der Waals surface area (Å²) in [6.45, 7) is 3.60. The summed E-state index contributed by atoms with van der Waals surface area (Å²) in [5.74, 6) is 3.33. The topological polar surface area (TPSA) is 72.3 Å². The number of carbonyl (C=O) groups is 1. The molecule has 30 heavy (non-hydrogen) atoms. The first-order valence-corrected chi connectivity index (χ1v) is 11.3. The van der Waals surface area contributed by atoms with E-state index >= 15 is 0 Å². The Bertz CT molecular complexity index is 884. The van der Waals surface area contributed by atoms with Crippen LogP contribution in [-0.2, 0) is 24.3 Å². The van der Waals surface area contributed by atoms with Gasteiger partial charge in [0, 0.05) is 42.6 Å². The van der Waals surface area contributed by atoms with Crippen LogP contribution in [-0.4, -0.2) is 52.3 Å². The monoisotopic (exact) mass is 431 g/mol. The molecule has 1 fully saturated rings. The number of ether oxygens (including phenoxy) is 1. The summed E-state index contributed by atoms with van der Waals surface area (Å²) in [5, 5.41) is 12.6. The molecule has 1 saturated heterocycles. The standard InChI is InChI=1S/C22H30ClN5O2/c1-30-19-9-8-18(23)12-17(19)13-24-21(29)15-27-10-5-6-16(14-27)22-26-25-20-7-3-2-4-11-28(20)22/h8-9,12,16H,2-7,10-11,13-15H2,1H3,(H,24,29). The van der Waals surface area contributed by atoms with Gasteiger partial charge in [-0.1, -0.05) is 18.0 Å². The second-order valence-corrected chi connectivity index (χ2v) is 8.68. The molecule has 0 saturated carbocycles. The minimum Gasteiger partial charge on any atom is -0.496 e. The number of hydrogen-bond donors (Lipinski definition) is 1. The maximum Gasteiger partial charge on any atom is 0.234 e. The molecule has 162 valence electrons. The summed E-state index contributed by atoms with van der Waals surface area (Å²) in [5.41, 5.74) is 0.876. The van der Waals surface area contributed by atoms with E-state index in [0.717, 1.165) is 61.9 Å². The fraction of sp³-hybridized carbons (Fsp3) is 0.591. The van der Waals surface area contributed by atoms with E-state index in [2.05, 4.69) is 25.0 Å². The van der Waals surface area contributed by atoms with Crippen LogP contribution in [0.5, 0.6) is 5.75 Å². The van der Waals surface area contributed by atoms with E-state index in [1.54, 1.807) is 13.2 Å². The van der Waals surface area contributed by atoms with Gasteiger partial charge in [-0.05, 0) is 50.4 Å². The Labute approximate surface area is 182 Å². The van der Waals surface area contributed by atoms with Crippen molar-refractivity contribution in [3.8, 4) is 5.75 Å². The summed E-state index contributed by atoms with van der Waals surface area (Å²) in [6.07, 6.45) is 6.87. The molecule has 2 aliphatic heterocycles. The molecule has 0 aliphatic carbocycles. The molecule has 1 aromatic heterocycles. The summed E-state index contributed by atoms with van der Waals surface area (Å²) in [6, 6.07) is 5.43. The second kappa shape index (κ2) is 9.79. The maximum absolute atomic E-state index is 12.6. The Morgan fingerprint density at radius 3 is 3.00 bits per heavy atom. The van der Waals surface area contributed by atoms with Gasteiger partial charge in [0.1, 0.15) is 17.4 Å². The number of likely N-dealkylation sites (tertiary alicyclic amines) is 1. The number of hydrogen-bond acceptors (Lipinski definition) is 5. The predicted molar refractivity (Wildman–Crippen MR) is 116 cm³/mol. The van der Waals surface area contributed by atoms with Crippen LogP contribution in [0.3, 0.4) is 0 Å². The van der Waals surface area contributed by atoms with Crippen LogP contribution in [0.4, 0.5) is 0 Å². The van der Waals surface area contributed by atoms with Crippen molar-refractivity contribution in [2.24, 2.45) is 0 Å². The summed E-state index contributed by atoms with van der Waals surface area (Å²) >= 11 is 6.08. The van der Waals surface area contributed by atoms with Gasteiger partial charge in [0.2, 0.25) is 5.91 Å². The number of amides is 1. The van der Waals surface area contributed by atoms with Crippen molar-refractivity contribution in [2.45, 2.75) is 57.5 Å². The first-order valence-electron chi connectivity index (χ1n) is 10.9. The van der Waals surface area contributed by atoms with Crippen LogP contribution in [0.2, 0.25) is 5.02 Å². The number of nitrogens with one attached hydrogen (secondary N) is 1. The average Bonchev–Trinajstić information content (AvgIpc) is 3.01. The molecule has 0 radical (unpaired) electrons. The number of nitrogens with zero attached hydrogens (tertiary/aromatic N) is 4. The van der Waals surface area contributed by atoms with Crippen molar-refractivity contribution in [1.29, 1.82) is 0 Å². The van der Waals surface area contributed by atoms with Crippen molar-refractivity contribution in [2.75, 3.05) is 26.7 Å². The van der Waals surface area contributed by atoms with E-state index in [1.807, 2.05) is 12.1 Å². The molecule has 1 amide bonds. The third kappa shape index (κ3) is 4.95. The molecule has 4 rings (SSSR count). The van der Waals surface area contributed by atoms with E-state index < -0.39 is 0 Å². The quantitative estimate of drug-likeness (QED) is 0.760. The van der Waals surface area contributed by atoms with Crippen LogP contribution in [0.15, 0.2) is 18.2 Å². The van der Waals surface area contributed by atoms with E-state index in [0.29, 0.717) is 24.0 Å². The smallest absolute Gasteiger partial charge is 0.234 e. The van der Waals surface area contributed by atoms with Crippen LogP contribution < -0.4 is 10.1 Å². The first-order chi connectivity index (χ1) is 14.6. The van der Waals surface area contributed by atoms with Crippen molar-refractivity contribution < 1.29 is 9.53 Å². The zero-order valence-electron chi connectivity index (χ0n) is 17.6. The Morgan fingerprint density at radius 1 is 1.23 bits per heavy atom. The molecule has 1 unspecified atom stereocenters. The minimum absolute atomic E-state index is 0.0118. The molecular formula is C22H30ClN5O2. The number of fused-ring (bicyclic) bond motifs is 1. The van der Waals surface area contributed by atoms with Crippen molar-refractivity contribution >= 4 is 17.5 Å². The highest BCUT2D eigenvalue weighted by Crippen LogP contribution is 2.28. The van der Waals surface area contributed by atoms with Crippen LogP contribution >= 0.6 is 11.6 Å². The lowest BCUT2D eigenvalue weighted by Crippen LogP contribution is -2.42. The van der Waals surface area contributed by atoms with E-state index in [-0.39, 0.29) is 5.91 Å². The van der Waals surface area contributed by atoms with Gasteiger partial charge in [-0.3, -0.25) is 9.69 Å². The van der Waals surface area contributed by atoms with Crippen molar-refractivity contribution in [1.82, 2.24) is 25.0 Å². The first kappa shape index (κ1) is 21.1. The molecule has 1 aromatic carbocycles. The highest BCUT2D eigenvalue weighted by Gasteiger charge is 2.28. The molecule has 1 N–H and O–H groups in total. The molecule has 8 heteroatoms. The third-order valence-electron chi connectivity index (χ3n) is 6.09. The molecule has 1 atom stereocenters. The molecule has 2 aliphatic rings. The lowest BCUT2D eigenvalue weighted by molar-refractivity contribution is -0.122. The molecule has 7 nitrogen and oxygen atoms in total. The Morgan fingerprint density at radius 2 is 2.13 bits per heavy atom. The maximum atomic E-state index is 12.6. The normalized spacial score (nSPS) is 19.7. The number of benzene rings is 1. The number of carbonyl (C=O) groups excluding carboxylic acids is 1. The largest absolute Gasteiger partial charge is 0.496 e. The Kier molecular flexibility index (Phi) is 6.89. The summed E-state index contributed by atoms with van der Waals surface area (Å²) in [7, 11) is 1.62. The number of aryl methyl sites for hydroxylation is 1. The molecular weight excluding hydrogens is 402 g/mol. The predicted octanol–water partition coefficient (Wildman–Crippen LogP) is 3.16. The SMILES string of the molecule is COc1ccc(Cl)cc1CNC(=O)CN1CCCC(c2nnc3n2CCCCC3)C1. The number of methoxy groups -OCH3 is 1. The van der Waals surface area contributed by atoms with E-state index in [1.165, 1.54) is 19.3 Å². The van der Waals surface area contributed by atoms with Crippen molar-refractivity contribution in [3.05, 3.63) is 40.4 Å². The fourth-order valence-electron chi connectivity index (χ4n) is 4.56. The summed E-state index contributed by atoms with van der Waals surface area (Å²) in [4.78, 5) is 14.8. The zero-order chi connectivity index (χ0) is 20.9. The molecule has 0 spiro atoms. The molecule has 3 heterocycles. The van der Waals surface area contributed by atoms with Gasteiger partial charge < -0.3 is 14.6 Å². The number of aromatic nitrogens is 3. The highest BCUT2D eigenvalue weighted by atomic mass is 35.5. The van der Waals surface area contributed by atoms with Crippen LogP contribution in [0.1, 0.15) is 55.2 Å².